The van der Waals surface area contributed by atoms with Gasteiger partial charge in [-0.2, -0.15) is 5.10 Å². The van der Waals surface area contributed by atoms with Gasteiger partial charge in [0.25, 0.3) is 0 Å². The zero-order valence-electron chi connectivity index (χ0n) is 13.6. The van der Waals surface area contributed by atoms with Gasteiger partial charge >= 0.3 is 6.09 Å². The van der Waals surface area contributed by atoms with Crippen molar-refractivity contribution in [2.45, 2.75) is 33.6 Å². The first-order valence-electron chi connectivity index (χ1n) is 7.40. The van der Waals surface area contributed by atoms with Gasteiger partial charge in [-0.05, 0) is 31.9 Å². The van der Waals surface area contributed by atoms with E-state index in [2.05, 4.69) is 22.2 Å². The molecule has 122 valence electrons. The van der Waals surface area contributed by atoms with E-state index < -0.39 is 6.09 Å². The molecule has 1 aromatic rings. The second-order valence-corrected chi connectivity index (χ2v) is 4.66. The van der Waals surface area contributed by atoms with E-state index in [1.807, 2.05) is 25.1 Å². The molecular formula is C16H24N2O4. The van der Waals surface area contributed by atoms with E-state index in [0.717, 1.165) is 24.2 Å². The Kier molecular flexibility index (Phi) is 7.81. The highest BCUT2D eigenvalue weighted by Gasteiger charge is 2.10. The molecule has 0 saturated heterocycles. The first-order valence-corrected chi connectivity index (χ1v) is 7.40. The van der Waals surface area contributed by atoms with Crippen LogP contribution in [0.25, 0.3) is 0 Å². The number of nitrogens with zero attached hydrogens (tertiary/aromatic N) is 1. The zero-order valence-corrected chi connectivity index (χ0v) is 13.6. The van der Waals surface area contributed by atoms with Crippen molar-refractivity contribution in [2.24, 2.45) is 5.10 Å². The van der Waals surface area contributed by atoms with E-state index in [9.17, 15) is 4.79 Å². The fourth-order valence-electron chi connectivity index (χ4n) is 1.68. The number of benzene rings is 1. The van der Waals surface area contributed by atoms with Crippen molar-refractivity contribution in [2.75, 3.05) is 20.3 Å². The summed E-state index contributed by atoms with van der Waals surface area (Å²) in [5.74, 6) is 1.44. The second kappa shape index (κ2) is 9.65. The molecule has 6 nitrogen and oxygen atoms in total. The molecule has 0 heterocycles. The summed E-state index contributed by atoms with van der Waals surface area (Å²) < 4.78 is 15.9. The highest BCUT2D eigenvalue weighted by Crippen LogP contribution is 2.26. The summed E-state index contributed by atoms with van der Waals surface area (Å²) in [4.78, 5) is 11.1. The summed E-state index contributed by atoms with van der Waals surface area (Å²) >= 11 is 0. The molecule has 0 aliphatic carbocycles. The van der Waals surface area contributed by atoms with Gasteiger partial charge in [0.15, 0.2) is 0 Å². The normalized spacial score (nSPS) is 11.0. The third kappa shape index (κ3) is 5.63. The molecule has 1 aromatic carbocycles. The lowest BCUT2D eigenvalue weighted by atomic mass is 10.1. The Hall–Kier alpha value is -2.24. The maximum atomic E-state index is 11.1. The van der Waals surface area contributed by atoms with Gasteiger partial charge in [-0.25, -0.2) is 10.2 Å². The number of hydrogen-bond acceptors (Lipinski definition) is 5. The Labute approximate surface area is 131 Å². The largest absolute Gasteiger partial charge is 0.493 e. The number of amides is 1. The highest BCUT2D eigenvalue weighted by atomic mass is 16.5. The van der Waals surface area contributed by atoms with E-state index in [0.29, 0.717) is 24.7 Å². The van der Waals surface area contributed by atoms with Gasteiger partial charge in [0.2, 0.25) is 0 Å². The number of hydrazone groups is 1. The SMILES string of the molecule is CCCOc1ccc(/C(C)=N\NC(=O)OC)c(OCCC)c1. The molecule has 1 N–H and O–H groups in total. The molecule has 0 aliphatic rings. The van der Waals surface area contributed by atoms with Crippen LogP contribution in [0.15, 0.2) is 23.3 Å². The highest BCUT2D eigenvalue weighted by molar-refractivity contribution is 6.01. The number of hydrogen-bond donors (Lipinski definition) is 1. The topological polar surface area (TPSA) is 69.2 Å². The first kappa shape index (κ1) is 17.8. The van der Waals surface area contributed by atoms with Crippen LogP contribution in [-0.2, 0) is 4.74 Å². The number of carbonyl (C=O) groups excluding carboxylic acids is 1. The van der Waals surface area contributed by atoms with Crippen molar-refractivity contribution in [1.29, 1.82) is 0 Å². The van der Waals surface area contributed by atoms with Crippen LogP contribution >= 0.6 is 0 Å². The summed E-state index contributed by atoms with van der Waals surface area (Å²) in [6, 6.07) is 5.58. The smallest absolute Gasteiger partial charge is 0.427 e. The average Bonchev–Trinajstić information content (AvgIpc) is 2.55. The lowest BCUT2D eigenvalue weighted by molar-refractivity contribution is 0.171. The molecule has 22 heavy (non-hydrogen) atoms. The average molecular weight is 308 g/mol. The van der Waals surface area contributed by atoms with Gasteiger partial charge in [0.05, 0.1) is 26.0 Å². The van der Waals surface area contributed by atoms with E-state index in [1.165, 1.54) is 7.11 Å². The Balaban J connectivity index is 2.97. The summed E-state index contributed by atoms with van der Waals surface area (Å²) in [5, 5.41) is 4.00. The number of nitrogens with one attached hydrogen (secondary N) is 1. The summed E-state index contributed by atoms with van der Waals surface area (Å²) in [6.45, 7) is 7.14. The molecule has 0 saturated carbocycles. The molecule has 0 bridgehead atoms. The maximum absolute atomic E-state index is 11.1. The molecule has 1 amide bonds. The predicted molar refractivity (Wildman–Crippen MR) is 85.8 cm³/mol. The number of carbonyl (C=O) groups is 1. The predicted octanol–water partition coefficient (Wildman–Crippen LogP) is 3.34. The lowest BCUT2D eigenvalue weighted by Gasteiger charge is -2.13. The van der Waals surface area contributed by atoms with Gasteiger partial charge in [-0.15, -0.1) is 0 Å². The van der Waals surface area contributed by atoms with E-state index in [1.54, 1.807) is 6.92 Å². The maximum Gasteiger partial charge on any atom is 0.427 e. The fraction of sp³-hybridized carbons (Fsp3) is 0.500. The standard InChI is InChI=1S/C16H24N2O4/c1-5-9-21-13-7-8-14(15(11-13)22-10-6-2)12(3)17-18-16(19)20-4/h7-8,11H,5-6,9-10H2,1-4H3,(H,18,19)/b17-12-. The molecule has 0 atom stereocenters. The Morgan fingerprint density at radius 1 is 1.18 bits per heavy atom. The van der Waals surface area contributed by atoms with Crippen molar-refractivity contribution >= 4 is 11.8 Å². The lowest BCUT2D eigenvalue weighted by Crippen LogP contribution is -2.19. The van der Waals surface area contributed by atoms with Crippen LogP contribution in [0.1, 0.15) is 39.2 Å². The summed E-state index contributed by atoms with van der Waals surface area (Å²) in [7, 11) is 1.29. The monoisotopic (exact) mass is 308 g/mol. The molecule has 0 aliphatic heterocycles. The van der Waals surface area contributed by atoms with Crippen LogP contribution in [0.4, 0.5) is 4.79 Å². The summed E-state index contributed by atoms with van der Waals surface area (Å²) in [6.07, 6.45) is 1.23. The minimum Gasteiger partial charge on any atom is -0.493 e. The van der Waals surface area contributed by atoms with Crippen LogP contribution in [0.2, 0.25) is 0 Å². The molecule has 0 aromatic heterocycles. The minimum atomic E-state index is -0.613. The fourth-order valence-corrected chi connectivity index (χ4v) is 1.68. The Morgan fingerprint density at radius 2 is 1.86 bits per heavy atom. The number of ether oxygens (including phenoxy) is 3. The second-order valence-electron chi connectivity index (χ2n) is 4.66. The van der Waals surface area contributed by atoms with Gasteiger partial charge in [-0.1, -0.05) is 13.8 Å². The van der Waals surface area contributed by atoms with Crippen molar-refractivity contribution in [3.8, 4) is 11.5 Å². The molecule has 0 fully saturated rings. The molecule has 0 radical (unpaired) electrons. The molecule has 0 spiro atoms. The molecule has 6 heteroatoms. The van der Waals surface area contributed by atoms with Crippen LogP contribution < -0.4 is 14.9 Å². The third-order valence-corrected chi connectivity index (χ3v) is 2.78. The van der Waals surface area contributed by atoms with Crippen LogP contribution in [0.5, 0.6) is 11.5 Å². The number of methoxy groups -OCH3 is 1. The van der Waals surface area contributed by atoms with E-state index in [4.69, 9.17) is 9.47 Å². The Morgan fingerprint density at radius 3 is 2.50 bits per heavy atom. The number of rotatable bonds is 8. The van der Waals surface area contributed by atoms with Crippen LogP contribution in [0.3, 0.4) is 0 Å². The van der Waals surface area contributed by atoms with E-state index in [-0.39, 0.29) is 0 Å². The molecular weight excluding hydrogens is 284 g/mol. The Bertz CT molecular complexity index is 515. The van der Waals surface area contributed by atoms with Crippen molar-refractivity contribution in [1.82, 2.24) is 5.43 Å². The quantitative estimate of drug-likeness (QED) is 0.590. The van der Waals surface area contributed by atoms with Gasteiger partial charge in [-0.3, -0.25) is 0 Å². The van der Waals surface area contributed by atoms with Gasteiger partial charge in [0, 0.05) is 11.6 Å². The van der Waals surface area contributed by atoms with Gasteiger partial charge < -0.3 is 14.2 Å². The molecule has 0 unspecified atom stereocenters. The van der Waals surface area contributed by atoms with Crippen LogP contribution in [0, 0.1) is 0 Å². The third-order valence-electron chi connectivity index (χ3n) is 2.78. The zero-order chi connectivity index (χ0) is 16.4. The van der Waals surface area contributed by atoms with Crippen molar-refractivity contribution in [3.05, 3.63) is 23.8 Å². The molecule has 1 rings (SSSR count). The van der Waals surface area contributed by atoms with E-state index >= 15 is 0 Å². The summed E-state index contributed by atoms with van der Waals surface area (Å²) in [5.41, 5.74) is 3.73. The first-order chi connectivity index (χ1) is 10.6. The van der Waals surface area contributed by atoms with Crippen molar-refractivity contribution in [3.63, 3.8) is 0 Å². The minimum absolute atomic E-state index is 0.599. The van der Waals surface area contributed by atoms with Gasteiger partial charge in [0.1, 0.15) is 11.5 Å². The van der Waals surface area contributed by atoms with Crippen LogP contribution in [-0.4, -0.2) is 32.1 Å². The van der Waals surface area contributed by atoms with Crippen molar-refractivity contribution < 1.29 is 19.0 Å².